The summed E-state index contributed by atoms with van der Waals surface area (Å²) in [5.41, 5.74) is -0.619. The van der Waals surface area contributed by atoms with Gasteiger partial charge < -0.3 is 9.47 Å². The molecule has 0 bridgehead atoms. The molecule has 1 spiro atoms. The van der Waals surface area contributed by atoms with E-state index >= 15 is 0 Å². The van der Waals surface area contributed by atoms with Gasteiger partial charge in [0, 0.05) is 19.7 Å². The van der Waals surface area contributed by atoms with Crippen molar-refractivity contribution in [2.24, 2.45) is 5.92 Å². The van der Waals surface area contributed by atoms with E-state index in [4.69, 9.17) is 9.47 Å². The summed E-state index contributed by atoms with van der Waals surface area (Å²) in [6.07, 6.45) is -3.00. The fourth-order valence-electron chi connectivity index (χ4n) is 4.31. The molecule has 2 unspecified atom stereocenters. The van der Waals surface area contributed by atoms with Gasteiger partial charge in [-0.25, -0.2) is 8.42 Å². The molecule has 3 rings (SSSR count). The molecule has 9 heteroatoms. The Morgan fingerprint density at radius 1 is 1.16 bits per heavy atom. The van der Waals surface area contributed by atoms with Crippen molar-refractivity contribution in [2.45, 2.75) is 68.6 Å². The average Bonchev–Trinajstić information content (AvgIpc) is 2.54. The highest BCUT2D eigenvalue weighted by molar-refractivity contribution is 7.89. The minimum Gasteiger partial charge on any atom is -0.378 e. The maximum absolute atomic E-state index is 13.0. The standard InChI is InChI=1S/C16H26F3NO4S/c1-12-9-20(10-15(24-12)7-2-8-23-11-15)25(21,22)14-5-3-13(4-6-14)16(17,18)19/h12-14H,2-11H2,1H3. The van der Waals surface area contributed by atoms with Crippen molar-refractivity contribution in [1.82, 2.24) is 4.31 Å². The number of alkyl halides is 3. The Morgan fingerprint density at radius 3 is 2.40 bits per heavy atom. The van der Waals surface area contributed by atoms with Crippen molar-refractivity contribution >= 4 is 10.0 Å². The number of nitrogens with zero attached hydrogens (tertiary/aromatic N) is 1. The van der Waals surface area contributed by atoms with E-state index in [-0.39, 0.29) is 44.9 Å². The number of halogens is 3. The predicted molar refractivity (Wildman–Crippen MR) is 85.6 cm³/mol. The highest BCUT2D eigenvalue weighted by atomic mass is 32.2. The molecule has 2 saturated heterocycles. The Balaban J connectivity index is 1.69. The van der Waals surface area contributed by atoms with Gasteiger partial charge >= 0.3 is 6.18 Å². The van der Waals surface area contributed by atoms with E-state index in [2.05, 4.69) is 0 Å². The van der Waals surface area contributed by atoms with Crippen molar-refractivity contribution in [1.29, 1.82) is 0 Å². The lowest BCUT2D eigenvalue weighted by molar-refractivity contribution is -0.184. The van der Waals surface area contributed by atoms with Gasteiger partial charge in [-0.15, -0.1) is 0 Å². The normalized spacial score (nSPS) is 38.8. The van der Waals surface area contributed by atoms with Crippen molar-refractivity contribution in [3.63, 3.8) is 0 Å². The fourth-order valence-corrected chi connectivity index (χ4v) is 6.43. The molecule has 5 nitrogen and oxygen atoms in total. The SMILES string of the molecule is CC1CN(S(=O)(=O)C2CCC(C(F)(F)F)CC2)CC2(CCCOC2)O1. The summed E-state index contributed by atoms with van der Waals surface area (Å²) in [4.78, 5) is 0. The number of rotatable bonds is 2. The van der Waals surface area contributed by atoms with Crippen LogP contribution in [0, 0.1) is 5.92 Å². The molecule has 1 saturated carbocycles. The zero-order valence-corrected chi connectivity index (χ0v) is 15.2. The van der Waals surface area contributed by atoms with Crippen LogP contribution in [-0.4, -0.2) is 62.2 Å². The summed E-state index contributed by atoms with van der Waals surface area (Å²) in [5.74, 6) is -1.37. The second kappa shape index (κ2) is 6.98. The van der Waals surface area contributed by atoms with Crippen LogP contribution in [0.2, 0.25) is 0 Å². The van der Waals surface area contributed by atoms with Gasteiger partial charge in [-0.05, 0) is 45.4 Å². The maximum atomic E-state index is 13.0. The number of morpholine rings is 1. The number of hydrogen-bond acceptors (Lipinski definition) is 4. The Kier molecular flexibility index (Phi) is 5.41. The third kappa shape index (κ3) is 4.14. The van der Waals surface area contributed by atoms with E-state index in [1.165, 1.54) is 4.31 Å². The molecule has 0 N–H and O–H groups in total. The first-order chi connectivity index (χ1) is 11.6. The highest BCUT2D eigenvalue weighted by Crippen LogP contribution is 2.40. The molecule has 0 aromatic heterocycles. The Bertz CT molecular complexity index is 566. The summed E-state index contributed by atoms with van der Waals surface area (Å²) >= 11 is 0. The maximum Gasteiger partial charge on any atom is 0.391 e. The largest absolute Gasteiger partial charge is 0.391 e. The Morgan fingerprint density at radius 2 is 1.84 bits per heavy atom. The number of ether oxygens (including phenoxy) is 2. The van der Waals surface area contributed by atoms with Crippen molar-refractivity contribution in [2.75, 3.05) is 26.3 Å². The number of sulfonamides is 1. The minimum atomic E-state index is -4.23. The van der Waals surface area contributed by atoms with E-state index in [1.54, 1.807) is 0 Å². The lowest BCUT2D eigenvalue weighted by Crippen LogP contribution is -2.61. The summed E-state index contributed by atoms with van der Waals surface area (Å²) in [7, 11) is -3.63. The number of hydrogen-bond donors (Lipinski definition) is 0. The summed E-state index contributed by atoms with van der Waals surface area (Å²) in [6.45, 7) is 3.33. The molecule has 3 aliphatic rings. The first-order valence-corrected chi connectivity index (χ1v) is 10.4. The van der Waals surface area contributed by atoms with Crippen molar-refractivity contribution in [3.8, 4) is 0 Å². The molecule has 0 aromatic rings. The average molecular weight is 385 g/mol. The first kappa shape index (κ1) is 19.4. The van der Waals surface area contributed by atoms with Gasteiger partial charge in [0.1, 0.15) is 5.60 Å². The van der Waals surface area contributed by atoms with Crippen molar-refractivity contribution in [3.05, 3.63) is 0 Å². The second-order valence-electron chi connectivity index (χ2n) is 7.62. The third-order valence-electron chi connectivity index (χ3n) is 5.58. The van der Waals surface area contributed by atoms with Crippen LogP contribution in [0.5, 0.6) is 0 Å². The zero-order valence-electron chi connectivity index (χ0n) is 14.4. The summed E-state index contributed by atoms with van der Waals surface area (Å²) in [5, 5.41) is -0.724. The smallest absolute Gasteiger partial charge is 0.378 e. The van der Waals surface area contributed by atoms with E-state index in [9.17, 15) is 21.6 Å². The van der Waals surface area contributed by atoms with E-state index in [0.717, 1.165) is 12.8 Å². The summed E-state index contributed by atoms with van der Waals surface area (Å²) < 4.78 is 77.4. The van der Waals surface area contributed by atoms with Gasteiger partial charge in [-0.3, -0.25) is 0 Å². The van der Waals surface area contributed by atoms with Crippen LogP contribution in [0.25, 0.3) is 0 Å². The van der Waals surface area contributed by atoms with Crippen LogP contribution in [0.3, 0.4) is 0 Å². The quantitative estimate of drug-likeness (QED) is 0.733. The van der Waals surface area contributed by atoms with Gasteiger partial charge in [-0.1, -0.05) is 0 Å². The van der Waals surface area contributed by atoms with Crippen molar-refractivity contribution < 1.29 is 31.1 Å². The van der Waals surface area contributed by atoms with Crippen LogP contribution in [0.4, 0.5) is 13.2 Å². The fraction of sp³-hybridized carbons (Fsp3) is 1.00. The molecule has 0 amide bonds. The second-order valence-corrected chi connectivity index (χ2v) is 9.83. The van der Waals surface area contributed by atoms with E-state index < -0.39 is 33.0 Å². The molecule has 1 aliphatic carbocycles. The van der Waals surface area contributed by atoms with Gasteiger partial charge in [0.25, 0.3) is 0 Å². The van der Waals surface area contributed by atoms with Crippen LogP contribution in [0.15, 0.2) is 0 Å². The molecule has 2 atom stereocenters. The van der Waals surface area contributed by atoms with Crippen LogP contribution in [-0.2, 0) is 19.5 Å². The molecule has 25 heavy (non-hydrogen) atoms. The monoisotopic (exact) mass is 385 g/mol. The van der Waals surface area contributed by atoms with Crippen LogP contribution in [0.1, 0.15) is 45.4 Å². The molecule has 2 heterocycles. The third-order valence-corrected chi connectivity index (χ3v) is 7.89. The molecule has 0 radical (unpaired) electrons. The van der Waals surface area contributed by atoms with E-state index in [1.807, 2.05) is 6.92 Å². The van der Waals surface area contributed by atoms with Gasteiger partial charge in [0.2, 0.25) is 10.0 Å². The molecule has 3 fully saturated rings. The van der Waals surface area contributed by atoms with Gasteiger partial charge in [-0.2, -0.15) is 17.5 Å². The van der Waals surface area contributed by atoms with E-state index in [0.29, 0.717) is 13.2 Å². The first-order valence-electron chi connectivity index (χ1n) is 8.94. The Labute approximate surface area is 146 Å². The van der Waals surface area contributed by atoms with Gasteiger partial charge in [0.15, 0.2) is 0 Å². The molecular formula is C16H26F3NO4S. The van der Waals surface area contributed by atoms with Gasteiger partial charge in [0.05, 0.1) is 23.9 Å². The summed E-state index contributed by atoms with van der Waals surface area (Å²) in [6, 6.07) is 0. The van der Waals surface area contributed by atoms with Crippen LogP contribution < -0.4 is 0 Å². The molecular weight excluding hydrogens is 359 g/mol. The molecule has 0 aromatic carbocycles. The molecule has 146 valence electrons. The molecule has 2 aliphatic heterocycles. The minimum absolute atomic E-state index is 0.0712. The lowest BCUT2D eigenvalue weighted by Gasteiger charge is -2.47. The predicted octanol–water partition coefficient (Wildman–Crippen LogP) is 2.71. The lowest BCUT2D eigenvalue weighted by atomic mass is 9.88. The topological polar surface area (TPSA) is 55.8 Å². The Hall–Kier alpha value is -0.380. The highest BCUT2D eigenvalue weighted by Gasteiger charge is 2.48. The zero-order chi connectivity index (χ0) is 18.3. The van der Waals surface area contributed by atoms with Crippen LogP contribution >= 0.6 is 0 Å².